The third-order valence-electron chi connectivity index (χ3n) is 3.89. The molecule has 1 aliphatic carbocycles. The fraction of sp³-hybridized carbons (Fsp3) is 0.600. The summed E-state index contributed by atoms with van der Waals surface area (Å²) in [5.41, 5.74) is 8.03. The zero-order chi connectivity index (χ0) is 12.3. The van der Waals surface area contributed by atoms with Crippen molar-refractivity contribution in [3.63, 3.8) is 0 Å². The van der Waals surface area contributed by atoms with E-state index >= 15 is 0 Å². The third-order valence-corrected chi connectivity index (χ3v) is 3.89. The van der Waals surface area contributed by atoms with Gasteiger partial charge in [0.15, 0.2) is 0 Å². The SMILES string of the molecule is CCN(c1cccc(N)c1)C1CCCC(C)C1. The molecule has 0 saturated heterocycles. The average Bonchev–Trinajstić information content (AvgIpc) is 2.30. The van der Waals surface area contributed by atoms with Crippen molar-refractivity contribution in [2.75, 3.05) is 17.2 Å². The highest BCUT2D eigenvalue weighted by molar-refractivity contribution is 5.56. The normalized spacial score (nSPS) is 24.6. The smallest absolute Gasteiger partial charge is 0.0389 e. The van der Waals surface area contributed by atoms with E-state index in [1.165, 1.54) is 31.4 Å². The third kappa shape index (κ3) is 2.93. The molecule has 2 rings (SSSR count). The van der Waals surface area contributed by atoms with Crippen molar-refractivity contribution in [3.05, 3.63) is 24.3 Å². The number of nitrogens with two attached hydrogens (primary N) is 1. The van der Waals surface area contributed by atoms with Gasteiger partial charge in [-0.15, -0.1) is 0 Å². The Kier molecular flexibility index (Phi) is 3.93. The van der Waals surface area contributed by atoms with Crippen LogP contribution in [0.2, 0.25) is 0 Å². The zero-order valence-corrected chi connectivity index (χ0v) is 11.0. The van der Waals surface area contributed by atoms with Gasteiger partial charge in [-0.05, 0) is 43.9 Å². The van der Waals surface area contributed by atoms with E-state index in [4.69, 9.17) is 5.73 Å². The first-order chi connectivity index (χ1) is 8.20. The first kappa shape index (κ1) is 12.3. The van der Waals surface area contributed by atoms with Crippen LogP contribution in [0.25, 0.3) is 0 Å². The van der Waals surface area contributed by atoms with Gasteiger partial charge < -0.3 is 10.6 Å². The van der Waals surface area contributed by atoms with Crippen LogP contribution < -0.4 is 10.6 Å². The summed E-state index contributed by atoms with van der Waals surface area (Å²) < 4.78 is 0. The molecule has 17 heavy (non-hydrogen) atoms. The van der Waals surface area contributed by atoms with Crippen molar-refractivity contribution in [2.24, 2.45) is 5.92 Å². The molecule has 0 aromatic heterocycles. The molecule has 2 heteroatoms. The second-order valence-electron chi connectivity index (χ2n) is 5.31. The lowest BCUT2D eigenvalue weighted by atomic mass is 9.86. The predicted molar refractivity (Wildman–Crippen MR) is 75.3 cm³/mol. The topological polar surface area (TPSA) is 29.3 Å². The lowest BCUT2D eigenvalue weighted by Crippen LogP contribution is -2.38. The Morgan fingerprint density at radius 1 is 1.35 bits per heavy atom. The largest absolute Gasteiger partial charge is 0.399 e. The average molecular weight is 232 g/mol. The fourth-order valence-electron chi connectivity index (χ4n) is 3.04. The maximum Gasteiger partial charge on any atom is 0.0389 e. The minimum absolute atomic E-state index is 0.700. The minimum Gasteiger partial charge on any atom is -0.399 e. The fourth-order valence-corrected chi connectivity index (χ4v) is 3.04. The van der Waals surface area contributed by atoms with Crippen LogP contribution in [0, 0.1) is 5.92 Å². The Balaban J connectivity index is 2.15. The highest BCUT2D eigenvalue weighted by Crippen LogP contribution is 2.30. The van der Waals surface area contributed by atoms with E-state index in [0.717, 1.165) is 18.2 Å². The summed E-state index contributed by atoms with van der Waals surface area (Å²) in [6.45, 7) is 5.68. The molecule has 2 unspecified atom stereocenters. The van der Waals surface area contributed by atoms with E-state index < -0.39 is 0 Å². The second-order valence-corrected chi connectivity index (χ2v) is 5.31. The molecule has 1 aromatic carbocycles. The van der Waals surface area contributed by atoms with E-state index in [1.54, 1.807) is 0 Å². The Morgan fingerprint density at radius 2 is 2.18 bits per heavy atom. The molecule has 1 aromatic rings. The number of nitrogen functional groups attached to an aromatic ring is 1. The van der Waals surface area contributed by atoms with Crippen LogP contribution in [0.5, 0.6) is 0 Å². The summed E-state index contributed by atoms with van der Waals surface area (Å²) in [4.78, 5) is 2.52. The van der Waals surface area contributed by atoms with E-state index in [9.17, 15) is 0 Å². The van der Waals surface area contributed by atoms with Crippen LogP contribution in [0.15, 0.2) is 24.3 Å². The summed E-state index contributed by atoms with van der Waals surface area (Å²) in [5, 5.41) is 0. The van der Waals surface area contributed by atoms with Gasteiger partial charge in [0, 0.05) is 24.0 Å². The highest BCUT2D eigenvalue weighted by atomic mass is 15.2. The summed E-state index contributed by atoms with van der Waals surface area (Å²) in [6.07, 6.45) is 5.41. The van der Waals surface area contributed by atoms with E-state index in [-0.39, 0.29) is 0 Å². The van der Waals surface area contributed by atoms with Crippen molar-refractivity contribution >= 4 is 11.4 Å². The van der Waals surface area contributed by atoms with Crippen molar-refractivity contribution in [1.29, 1.82) is 0 Å². The molecular weight excluding hydrogens is 208 g/mol. The molecule has 1 fully saturated rings. The van der Waals surface area contributed by atoms with Gasteiger partial charge in [0.1, 0.15) is 0 Å². The van der Waals surface area contributed by atoms with Gasteiger partial charge in [-0.1, -0.05) is 25.8 Å². The monoisotopic (exact) mass is 232 g/mol. The molecule has 0 bridgehead atoms. The van der Waals surface area contributed by atoms with E-state index in [1.807, 2.05) is 6.07 Å². The van der Waals surface area contributed by atoms with Gasteiger partial charge >= 0.3 is 0 Å². The molecule has 0 radical (unpaired) electrons. The van der Waals surface area contributed by atoms with Crippen LogP contribution in [0.3, 0.4) is 0 Å². The summed E-state index contributed by atoms with van der Waals surface area (Å²) in [6, 6.07) is 8.99. The van der Waals surface area contributed by atoms with Crippen molar-refractivity contribution in [1.82, 2.24) is 0 Å². The number of anilines is 2. The molecule has 1 saturated carbocycles. The number of benzene rings is 1. The lowest BCUT2D eigenvalue weighted by molar-refractivity contribution is 0.331. The molecule has 0 heterocycles. The molecule has 0 amide bonds. The summed E-state index contributed by atoms with van der Waals surface area (Å²) in [7, 11) is 0. The van der Waals surface area contributed by atoms with Crippen LogP contribution in [0.1, 0.15) is 39.5 Å². The van der Waals surface area contributed by atoms with Crippen LogP contribution in [0.4, 0.5) is 11.4 Å². The zero-order valence-electron chi connectivity index (χ0n) is 11.0. The predicted octanol–water partition coefficient (Wildman–Crippen LogP) is 3.67. The Morgan fingerprint density at radius 3 is 2.82 bits per heavy atom. The molecule has 94 valence electrons. The number of rotatable bonds is 3. The van der Waals surface area contributed by atoms with Gasteiger partial charge in [0.25, 0.3) is 0 Å². The van der Waals surface area contributed by atoms with E-state index in [0.29, 0.717) is 6.04 Å². The molecule has 0 spiro atoms. The van der Waals surface area contributed by atoms with Gasteiger partial charge in [-0.25, -0.2) is 0 Å². The van der Waals surface area contributed by atoms with Crippen molar-refractivity contribution in [3.8, 4) is 0 Å². The van der Waals surface area contributed by atoms with Crippen LogP contribution >= 0.6 is 0 Å². The maximum atomic E-state index is 5.88. The van der Waals surface area contributed by atoms with Gasteiger partial charge in [-0.2, -0.15) is 0 Å². The van der Waals surface area contributed by atoms with Crippen molar-refractivity contribution < 1.29 is 0 Å². The first-order valence-electron chi connectivity index (χ1n) is 6.83. The number of nitrogens with zero attached hydrogens (tertiary/aromatic N) is 1. The van der Waals surface area contributed by atoms with E-state index in [2.05, 4.69) is 36.9 Å². The van der Waals surface area contributed by atoms with Gasteiger partial charge in [-0.3, -0.25) is 0 Å². The molecule has 0 aliphatic heterocycles. The lowest BCUT2D eigenvalue weighted by Gasteiger charge is -2.37. The quantitative estimate of drug-likeness (QED) is 0.806. The number of hydrogen-bond donors (Lipinski definition) is 1. The Hall–Kier alpha value is -1.18. The maximum absolute atomic E-state index is 5.88. The van der Waals surface area contributed by atoms with Crippen LogP contribution in [-0.4, -0.2) is 12.6 Å². The Labute approximate surface area is 105 Å². The van der Waals surface area contributed by atoms with Gasteiger partial charge in [0.05, 0.1) is 0 Å². The first-order valence-corrected chi connectivity index (χ1v) is 6.83. The molecule has 2 nitrogen and oxygen atoms in total. The highest BCUT2D eigenvalue weighted by Gasteiger charge is 2.23. The standard InChI is InChI=1S/C15H24N2/c1-3-17(14-8-4-6-12(2)10-14)15-9-5-7-13(16)11-15/h5,7,9,11-12,14H,3-4,6,8,10,16H2,1-2H3. The van der Waals surface area contributed by atoms with Crippen LogP contribution in [-0.2, 0) is 0 Å². The number of hydrogen-bond acceptors (Lipinski definition) is 2. The summed E-state index contributed by atoms with van der Waals surface area (Å²) in [5.74, 6) is 0.865. The molecular formula is C15H24N2. The van der Waals surface area contributed by atoms with Gasteiger partial charge in [0.2, 0.25) is 0 Å². The second kappa shape index (κ2) is 5.44. The molecule has 1 aliphatic rings. The Bertz CT molecular complexity index is 362. The molecule has 2 atom stereocenters. The minimum atomic E-state index is 0.700. The van der Waals surface area contributed by atoms with Crippen molar-refractivity contribution in [2.45, 2.75) is 45.6 Å². The summed E-state index contributed by atoms with van der Waals surface area (Å²) >= 11 is 0. The molecule has 2 N–H and O–H groups in total.